The second-order valence-electron chi connectivity index (χ2n) is 3.32. The van der Waals surface area contributed by atoms with Crippen LogP contribution < -0.4 is 4.90 Å². The van der Waals surface area contributed by atoms with E-state index in [1.807, 2.05) is 0 Å². The maximum Gasteiger partial charge on any atom is 0.209 e. The monoisotopic (exact) mass is 261 g/mol. The SMILES string of the molecule is CCN(CC1CC1)c1nnc(Br)s1. The first kappa shape index (κ1) is 9.40. The molecule has 0 N–H and O–H groups in total. The van der Waals surface area contributed by atoms with Crippen molar-refractivity contribution in [2.24, 2.45) is 5.92 Å². The molecular weight excluding hydrogens is 250 g/mol. The Bertz CT molecular complexity index is 285. The molecule has 3 nitrogen and oxygen atoms in total. The average molecular weight is 262 g/mol. The first-order valence-electron chi connectivity index (χ1n) is 4.53. The van der Waals surface area contributed by atoms with Crippen molar-refractivity contribution in [2.75, 3.05) is 18.0 Å². The van der Waals surface area contributed by atoms with Gasteiger partial charge in [-0.2, -0.15) is 0 Å². The maximum atomic E-state index is 4.12. The van der Waals surface area contributed by atoms with Crippen molar-refractivity contribution in [1.82, 2.24) is 10.2 Å². The molecule has 0 amide bonds. The van der Waals surface area contributed by atoms with E-state index in [4.69, 9.17) is 0 Å². The van der Waals surface area contributed by atoms with Crippen LogP contribution in [-0.2, 0) is 0 Å². The van der Waals surface area contributed by atoms with Crippen LogP contribution in [0.25, 0.3) is 0 Å². The average Bonchev–Trinajstić information content (AvgIpc) is 2.84. The zero-order valence-corrected chi connectivity index (χ0v) is 9.94. The minimum absolute atomic E-state index is 0.872. The van der Waals surface area contributed by atoms with Gasteiger partial charge in [-0.15, -0.1) is 10.2 Å². The molecule has 0 bridgehead atoms. The number of nitrogens with zero attached hydrogens (tertiary/aromatic N) is 3. The molecule has 1 aromatic heterocycles. The lowest BCUT2D eigenvalue weighted by Gasteiger charge is -2.18. The number of aromatic nitrogens is 2. The van der Waals surface area contributed by atoms with Crippen LogP contribution >= 0.6 is 27.3 Å². The van der Waals surface area contributed by atoms with E-state index >= 15 is 0 Å². The van der Waals surface area contributed by atoms with Crippen molar-refractivity contribution in [3.05, 3.63) is 3.92 Å². The van der Waals surface area contributed by atoms with Gasteiger partial charge in [-0.25, -0.2) is 0 Å². The zero-order valence-electron chi connectivity index (χ0n) is 7.53. The fourth-order valence-corrected chi connectivity index (χ4v) is 2.44. The molecule has 1 aliphatic carbocycles. The number of halogens is 1. The third-order valence-electron chi connectivity index (χ3n) is 2.22. The molecule has 0 unspecified atom stereocenters. The molecule has 0 saturated heterocycles. The topological polar surface area (TPSA) is 29.0 Å². The minimum atomic E-state index is 0.872. The molecule has 0 aliphatic heterocycles. The van der Waals surface area contributed by atoms with Gasteiger partial charge in [0.2, 0.25) is 5.13 Å². The van der Waals surface area contributed by atoms with Crippen LogP contribution in [0.3, 0.4) is 0 Å². The minimum Gasteiger partial charge on any atom is -0.347 e. The lowest BCUT2D eigenvalue weighted by atomic mass is 10.4. The van der Waals surface area contributed by atoms with E-state index in [-0.39, 0.29) is 0 Å². The third-order valence-corrected chi connectivity index (χ3v) is 3.63. The molecule has 1 aliphatic rings. The van der Waals surface area contributed by atoms with Crippen molar-refractivity contribution in [3.63, 3.8) is 0 Å². The second kappa shape index (κ2) is 3.92. The van der Waals surface area contributed by atoms with Crippen LogP contribution in [0.5, 0.6) is 0 Å². The summed E-state index contributed by atoms with van der Waals surface area (Å²) < 4.78 is 0.872. The lowest BCUT2D eigenvalue weighted by molar-refractivity contribution is 0.734. The quantitative estimate of drug-likeness (QED) is 0.835. The summed E-state index contributed by atoms with van der Waals surface area (Å²) in [5.41, 5.74) is 0. The first-order chi connectivity index (χ1) is 6.29. The summed E-state index contributed by atoms with van der Waals surface area (Å²) in [6.07, 6.45) is 2.77. The van der Waals surface area contributed by atoms with Crippen LogP contribution in [0.1, 0.15) is 19.8 Å². The Labute approximate surface area is 90.3 Å². The standard InChI is InChI=1S/C8H12BrN3S/c1-2-12(5-6-3-4-6)8-11-10-7(9)13-8/h6H,2-5H2,1H3. The van der Waals surface area contributed by atoms with Crippen LogP contribution in [0.15, 0.2) is 3.92 Å². The molecule has 72 valence electrons. The van der Waals surface area contributed by atoms with Gasteiger partial charge in [0, 0.05) is 13.1 Å². The Hall–Kier alpha value is -0.160. The molecule has 0 atom stereocenters. The smallest absolute Gasteiger partial charge is 0.209 e. The van der Waals surface area contributed by atoms with Gasteiger partial charge in [-0.1, -0.05) is 11.3 Å². The van der Waals surface area contributed by atoms with E-state index in [1.54, 1.807) is 11.3 Å². The summed E-state index contributed by atoms with van der Waals surface area (Å²) in [4.78, 5) is 2.31. The Morgan fingerprint density at radius 1 is 1.54 bits per heavy atom. The molecule has 13 heavy (non-hydrogen) atoms. The molecule has 1 aromatic rings. The first-order valence-corrected chi connectivity index (χ1v) is 6.14. The highest BCUT2D eigenvalue weighted by Gasteiger charge is 2.25. The number of anilines is 1. The van der Waals surface area contributed by atoms with Crippen molar-refractivity contribution in [3.8, 4) is 0 Å². The summed E-state index contributed by atoms with van der Waals surface area (Å²) >= 11 is 4.94. The van der Waals surface area contributed by atoms with Crippen molar-refractivity contribution in [2.45, 2.75) is 19.8 Å². The van der Waals surface area contributed by atoms with Gasteiger partial charge < -0.3 is 4.90 Å². The summed E-state index contributed by atoms with van der Waals surface area (Å²) in [6, 6.07) is 0. The van der Waals surface area contributed by atoms with Crippen LogP contribution in [0.2, 0.25) is 0 Å². The third kappa shape index (κ3) is 2.40. The van der Waals surface area contributed by atoms with Crippen LogP contribution in [-0.4, -0.2) is 23.3 Å². The summed E-state index contributed by atoms with van der Waals surface area (Å²) in [5, 5.41) is 9.11. The van der Waals surface area contributed by atoms with E-state index < -0.39 is 0 Å². The molecule has 0 spiro atoms. The van der Waals surface area contributed by atoms with Gasteiger partial charge in [-0.05, 0) is 41.6 Å². The van der Waals surface area contributed by atoms with Crippen molar-refractivity contribution >= 4 is 32.4 Å². The molecular formula is C8H12BrN3S. The normalized spacial score (nSPS) is 16.2. The van der Waals surface area contributed by atoms with Gasteiger partial charge in [0.1, 0.15) is 0 Å². The largest absolute Gasteiger partial charge is 0.347 e. The number of hydrogen-bond donors (Lipinski definition) is 0. The van der Waals surface area contributed by atoms with Gasteiger partial charge in [0.05, 0.1) is 0 Å². The molecule has 5 heteroatoms. The highest BCUT2D eigenvalue weighted by atomic mass is 79.9. The molecule has 2 rings (SSSR count). The predicted octanol–water partition coefficient (Wildman–Crippen LogP) is 2.54. The van der Waals surface area contributed by atoms with E-state index in [1.165, 1.54) is 12.8 Å². The Morgan fingerprint density at radius 2 is 2.31 bits per heavy atom. The zero-order chi connectivity index (χ0) is 9.26. The fraction of sp³-hybridized carbons (Fsp3) is 0.750. The van der Waals surface area contributed by atoms with E-state index in [0.717, 1.165) is 28.1 Å². The second-order valence-corrected chi connectivity index (χ2v) is 5.55. The van der Waals surface area contributed by atoms with Crippen molar-refractivity contribution in [1.29, 1.82) is 0 Å². The van der Waals surface area contributed by atoms with Gasteiger partial charge >= 0.3 is 0 Å². The maximum absolute atomic E-state index is 4.12. The van der Waals surface area contributed by atoms with E-state index in [0.29, 0.717) is 0 Å². The molecule has 0 aromatic carbocycles. The molecule has 1 fully saturated rings. The highest BCUT2D eigenvalue weighted by molar-refractivity contribution is 9.11. The number of rotatable bonds is 4. The summed E-state index contributed by atoms with van der Waals surface area (Å²) in [6.45, 7) is 4.34. The Morgan fingerprint density at radius 3 is 2.77 bits per heavy atom. The van der Waals surface area contributed by atoms with Gasteiger partial charge in [-0.3, -0.25) is 0 Å². The predicted molar refractivity (Wildman–Crippen MR) is 58.2 cm³/mol. The van der Waals surface area contributed by atoms with Gasteiger partial charge in [0.25, 0.3) is 0 Å². The molecule has 0 radical (unpaired) electrons. The fourth-order valence-electron chi connectivity index (χ4n) is 1.28. The van der Waals surface area contributed by atoms with E-state index in [2.05, 4.69) is 38.0 Å². The molecule has 1 heterocycles. The van der Waals surface area contributed by atoms with E-state index in [9.17, 15) is 0 Å². The summed E-state index contributed by atoms with van der Waals surface area (Å²) in [5.74, 6) is 0.905. The Balaban J connectivity index is 2.01. The number of hydrogen-bond acceptors (Lipinski definition) is 4. The van der Waals surface area contributed by atoms with Crippen LogP contribution in [0.4, 0.5) is 5.13 Å². The molecule has 1 saturated carbocycles. The highest BCUT2D eigenvalue weighted by Crippen LogP contribution is 2.32. The Kier molecular flexibility index (Phi) is 2.83. The lowest BCUT2D eigenvalue weighted by Crippen LogP contribution is -2.24. The van der Waals surface area contributed by atoms with Gasteiger partial charge in [0.15, 0.2) is 3.92 Å². The van der Waals surface area contributed by atoms with Crippen molar-refractivity contribution < 1.29 is 0 Å². The summed E-state index contributed by atoms with van der Waals surface area (Å²) in [7, 11) is 0. The van der Waals surface area contributed by atoms with Crippen LogP contribution in [0, 0.1) is 5.92 Å².